The van der Waals surface area contributed by atoms with E-state index in [1.807, 2.05) is 24.4 Å². The second-order valence-corrected chi connectivity index (χ2v) is 6.25. The third-order valence-electron chi connectivity index (χ3n) is 4.61. The van der Waals surface area contributed by atoms with Gasteiger partial charge < -0.3 is 5.32 Å². The summed E-state index contributed by atoms with van der Waals surface area (Å²) in [7, 11) is 0. The summed E-state index contributed by atoms with van der Waals surface area (Å²) in [6.45, 7) is 0.780. The van der Waals surface area contributed by atoms with Crippen molar-refractivity contribution in [2.75, 3.05) is 0 Å². The lowest BCUT2D eigenvalue weighted by atomic mass is 9.91. The second-order valence-electron chi connectivity index (χ2n) is 6.25. The summed E-state index contributed by atoms with van der Waals surface area (Å²) in [5, 5.41) is 3.65. The van der Waals surface area contributed by atoms with Gasteiger partial charge in [-0.15, -0.1) is 0 Å². The minimum atomic E-state index is 0.305. The van der Waals surface area contributed by atoms with Crippen molar-refractivity contribution in [3.05, 3.63) is 83.8 Å². The molecule has 0 spiro atoms. The maximum absolute atomic E-state index is 4.99. The molecule has 1 aromatic carbocycles. The summed E-state index contributed by atoms with van der Waals surface area (Å²) in [5.41, 5.74) is 5.89. The van der Waals surface area contributed by atoms with Gasteiger partial charge in [0.2, 0.25) is 0 Å². The van der Waals surface area contributed by atoms with Gasteiger partial charge >= 0.3 is 0 Å². The van der Waals surface area contributed by atoms with E-state index in [0.717, 1.165) is 30.8 Å². The topological polar surface area (TPSA) is 37.8 Å². The molecule has 1 N–H and O–H groups in total. The van der Waals surface area contributed by atoms with Crippen molar-refractivity contribution in [2.45, 2.75) is 31.8 Å². The van der Waals surface area contributed by atoms with Gasteiger partial charge in [-0.3, -0.25) is 9.97 Å². The first kappa shape index (κ1) is 15.0. The van der Waals surface area contributed by atoms with Gasteiger partial charge in [-0.1, -0.05) is 42.5 Å². The van der Waals surface area contributed by atoms with E-state index in [1.54, 1.807) is 0 Å². The number of nitrogens with zero attached hydrogens (tertiary/aromatic N) is 2. The van der Waals surface area contributed by atoms with Gasteiger partial charge in [-0.05, 0) is 43.0 Å². The highest BCUT2D eigenvalue weighted by Crippen LogP contribution is 2.30. The maximum atomic E-state index is 4.99. The lowest BCUT2D eigenvalue weighted by Crippen LogP contribution is -2.26. The Morgan fingerprint density at radius 1 is 0.958 bits per heavy atom. The van der Waals surface area contributed by atoms with Gasteiger partial charge in [0, 0.05) is 18.3 Å². The zero-order chi connectivity index (χ0) is 16.2. The smallest absolute Gasteiger partial charge is 0.0706 e. The molecule has 0 radical (unpaired) electrons. The summed E-state index contributed by atoms with van der Waals surface area (Å²) < 4.78 is 0. The molecule has 3 heteroatoms. The third kappa shape index (κ3) is 3.22. The molecule has 0 saturated carbocycles. The number of rotatable bonds is 4. The Hall–Kier alpha value is -2.52. The normalized spacial score (nSPS) is 16.6. The molecule has 0 saturated heterocycles. The fourth-order valence-corrected chi connectivity index (χ4v) is 3.35. The van der Waals surface area contributed by atoms with Crippen LogP contribution in [0.2, 0.25) is 0 Å². The Morgan fingerprint density at radius 3 is 2.67 bits per heavy atom. The van der Waals surface area contributed by atoms with Crippen molar-refractivity contribution in [1.82, 2.24) is 15.3 Å². The first-order valence-electron chi connectivity index (χ1n) is 8.59. The van der Waals surface area contributed by atoms with Crippen LogP contribution in [0.15, 0.2) is 66.9 Å². The number of aryl methyl sites for hydroxylation is 1. The zero-order valence-corrected chi connectivity index (χ0v) is 13.7. The van der Waals surface area contributed by atoms with Crippen molar-refractivity contribution in [1.29, 1.82) is 0 Å². The molecule has 4 rings (SSSR count). The molecule has 24 heavy (non-hydrogen) atoms. The van der Waals surface area contributed by atoms with Crippen LogP contribution >= 0.6 is 0 Å². The molecule has 0 fully saturated rings. The van der Waals surface area contributed by atoms with Gasteiger partial charge in [0.05, 0.1) is 23.1 Å². The molecule has 3 aromatic rings. The molecule has 1 atom stereocenters. The fraction of sp³-hybridized carbons (Fsp3) is 0.238. The van der Waals surface area contributed by atoms with Crippen LogP contribution in [0.25, 0.3) is 11.3 Å². The molecule has 1 aliphatic rings. The molecule has 2 aromatic heterocycles. The first-order valence-corrected chi connectivity index (χ1v) is 8.59. The Labute approximate surface area is 142 Å². The molecule has 120 valence electrons. The second kappa shape index (κ2) is 6.93. The Bertz CT molecular complexity index is 800. The van der Waals surface area contributed by atoms with Gasteiger partial charge in [-0.2, -0.15) is 0 Å². The standard InChI is InChI=1S/C21H21N3/c1-2-7-16(8-3-1)19-13-12-17-9-6-11-20(21(17)24-19)23-15-18-10-4-5-14-22-18/h1-5,7-8,10,12-14,20,23H,6,9,11,15H2. The average molecular weight is 315 g/mol. The Morgan fingerprint density at radius 2 is 1.83 bits per heavy atom. The van der Waals surface area contributed by atoms with Crippen LogP contribution in [-0.4, -0.2) is 9.97 Å². The van der Waals surface area contributed by atoms with Crippen molar-refractivity contribution in [3.8, 4) is 11.3 Å². The highest BCUT2D eigenvalue weighted by Gasteiger charge is 2.22. The van der Waals surface area contributed by atoms with Gasteiger partial charge in [-0.25, -0.2) is 0 Å². The molecule has 2 heterocycles. The zero-order valence-electron chi connectivity index (χ0n) is 13.7. The molecular weight excluding hydrogens is 294 g/mol. The van der Waals surface area contributed by atoms with Crippen molar-refractivity contribution in [3.63, 3.8) is 0 Å². The molecular formula is C21H21N3. The Kier molecular flexibility index (Phi) is 4.34. The number of hydrogen-bond acceptors (Lipinski definition) is 3. The minimum absolute atomic E-state index is 0.305. The SMILES string of the molecule is c1ccc(-c2ccc3c(n2)C(NCc2ccccn2)CCC3)cc1. The minimum Gasteiger partial charge on any atom is -0.303 e. The van der Waals surface area contributed by atoms with Crippen LogP contribution in [0.3, 0.4) is 0 Å². The molecule has 0 aliphatic heterocycles. The maximum Gasteiger partial charge on any atom is 0.0706 e. The van der Waals surface area contributed by atoms with Crippen molar-refractivity contribution < 1.29 is 0 Å². The van der Waals surface area contributed by atoms with E-state index >= 15 is 0 Å². The lowest BCUT2D eigenvalue weighted by molar-refractivity contribution is 0.445. The quantitative estimate of drug-likeness (QED) is 0.779. The van der Waals surface area contributed by atoms with Gasteiger partial charge in [0.1, 0.15) is 0 Å². The third-order valence-corrected chi connectivity index (χ3v) is 4.61. The van der Waals surface area contributed by atoms with Crippen LogP contribution in [0.5, 0.6) is 0 Å². The van der Waals surface area contributed by atoms with E-state index in [2.05, 4.69) is 52.8 Å². The first-order chi connectivity index (χ1) is 11.9. The molecule has 0 bridgehead atoms. The van der Waals surface area contributed by atoms with Crippen LogP contribution in [0.4, 0.5) is 0 Å². The van der Waals surface area contributed by atoms with Crippen LogP contribution in [-0.2, 0) is 13.0 Å². The molecule has 0 amide bonds. The van der Waals surface area contributed by atoms with E-state index in [4.69, 9.17) is 4.98 Å². The number of nitrogens with one attached hydrogen (secondary N) is 1. The van der Waals surface area contributed by atoms with E-state index in [9.17, 15) is 0 Å². The monoisotopic (exact) mass is 315 g/mol. The van der Waals surface area contributed by atoms with E-state index < -0.39 is 0 Å². The Balaban J connectivity index is 1.59. The van der Waals surface area contributed by atoms with Crippen molar-refractivity contribution >= 4 is 0 Å². The van der Waals surface area contributed by atoms with Gasteiger partial charge in [0.25, 0.3) is 0 Å². The predicted octanol–water partition coefficient (Wildman–Crippen LogP) is 4.31. The highest BCUT2D eigenvalue weighted by atomic mass is 15.0. The van der Waals surface area contributed by atoms with E-state index in [0.29, 0.717) is 6.04 Å². The van der Waals surface area contributed by atoms with Crippen LogP contribution < -0.4 is 5.32 Å². The van der Waals surface area contributed by atoms with Crippen molar-refractivity contribution in [2.24, 2.45) is 0 Å². The summed E-state index contributed by atoms with van der Waals surface area (Å²) in [6, 6.07) is 21.2. The summed E-state index contributed by atoms with van der Waals surface area (Å²) in [6.07, 6.45) is 5.31. The van der Waals surface area contributed by atoms with Gasteiger partial charge in [0.15, 0.2) is 0 Å². The predicted molar refractivity (Wildman–Crippen MR) is 96.4 cm³/mol. The molecule has 1 unspecified atom stereocenters. The van der Waals surface area contributed by atoms with E-state index in [-0.39, 0.29) is 0 Å². The van der Waals surface area contributed by atoms with Crippen LogP contribution in [0, 0.1) is 0 Å². The van der Waals surface area contributed by atoms with E-state index in [1.165, 1.54) is 23.2 Å². The fourth-order valence-electron chi connectivity index (χ4n) is 3.35. The van der Waals surface area contributed by atoms with Crippen LogP contribution in [0.1, 0.15) is 35.8 Å². The summed E-state index contributed by atoms with van der Waals surface area (Å²) in [4.78, 5) is 9.40. The number of pyridine rings is 2. The summed E-state index contributed by atoms with van der Waals surface area (Å²) in [5.74, 6) is 0. The number of benzene rings is 1. The largest absolute Gasteiger partial charge is 0.303 e. The number of hydrogen-bond donors (Lipinski definition) is 1. The highest BCUT2D eigenvalue weighted by molar-refractivity contribution is 5.59. The number of fused-ring (bicyclic) bond motifs is 1. The number of aromatic nitrogens is 2. The average Bonchev–Trinajstić information content (AvgIpc) is 2.67. The summed E-state index contributed by atoms with van der Waals surface area (Å²) >= 11 is 0. The molecule has 3 nitrogen and oxygen atoms in total. The molecule has 1 aliphatic carbocycles. The lowest BCUT2D eigenvalue weighted by Gasteiger charge is -2.26.